The first-order valence-corrected chi connectivity index (χ1v) is 7.69. The van der Waals surface area contributed by atoms with Crippen molar-refractivity contribution in [1.29, 1.82) is 0 Å². The molecule has 0 atom stereocenters. The van der Waals surface area contributed by atoms with Crippen LogP contribution in [0.3, 0.4) is 0 Å². The number of carbonyl (C=O) groups is 1. The van der Waals surface area contributed by atoms with Gasteiger partial charge in [0.15, 0.2) is 5.15 Å². The van der Waals surface area contributed by atoms with Gasteiger partial charge in [-0.25, -0.2) is 4.79 Å². The average molecular weight is 335 g/mol. The largest absolute Gasteiger partial charge is 0.465 e. The highest BCUT2D eigenvalue weighted by Gasteiger charge is 2.15. The highest BCUT2D eigenvalue weighted by molar-refractivity contribution is 6.29. The zero-order valence-electron chi connectivity index (χ0n) is 13.6. The molecule has 0 aliphatic heterocycles. The maximum Gasteiger partial charge on any atom is 0.337 e. The second-order valence-corrected chi connectivity index (χ2v) is 6.19. The lowest BCUT2D eigenvalue weighted by atomic mass is 9.99. The number of hydrogen-bond donors (Lipinski definition) is 0. The van der Waals surface area contributed by atoms with E-state index >= 15 is 0 Å². The SMILES string of the molecule is COC(=O)c1ccc(CC(C)C)c(-n2nc(Cl)cc(C)c2=O)c1. The van der Waals surface area contributed by atoms with Gasteiger partial charge >= 0.3 is 5.97 Å². The molecule has 0 fully saturated rings. The van der Waals surface area contributed by atoms with Gasteiger partial charge in [-0.3, -0.25) is 4.79 Å². The summed E-state index contributed by atoms with van der Waals surface area (Å²) in [5.74, 6) is -0.0807. The normalized spacial score (nSPS) is 10.9. The van der Waals surface area contributed by atoms with Crippen LogP contribution in [0.15, 0.2) is 29.1 Å². The van der Waals surface area contributed by atoms with Crippen molar-refractivity contribution in [3.05, 3.63) is 56.5 Å². The smallest absolute Gasteiger partial charge is 0.337 e. The Morgan fingerprint density at radius 3 is 2.65 bits per heavy atom. The molecule has 0 radical (unpaired) electrons. The van der Waals surface area contributed by atoms with Crippen LogP contribution in [0.2, 0.25) is 5.15 Å². The number of aryl methyl sites for hydroxylation is 1. The van der Waals surface area contributed by atoms with Crippen LogP contribution in [0.1, 0.15) is 35.3 Å². The molecule has 0 N–H and O–H groups in total. The molecule has 0 amide bonds. The molecule has 122 valence electrons. The summed E-state index contributed by atoms with van der Waals surface area (Å²) in [4.78, 5) is 24.2. The van der Waals surface area contributed by atoms with Crippen molar-refractivity contribution in [2.24, 2.45) is 5.92 Å². The number of carbonyl (C=O) groups excluding carboxylic acids is 1. The fourth-order valence-corrected chi connectivity index (χ4v) is 2.60. The molecule has 5 nitrogen and oxygen atoms in total. The highest BCUT2D eigenvalue weighted by atomic mass is 35.5. The van der Waals surface area contributed by atoms with Crippen molar-refractivity contribution in [3.8, 4) is 5.69 Å². The van der Waals surface area contributed by atoms with Crippen molar-refractivity contribution >= 4 is 17.6 Å². The molecule has 0 aliphatic rings. The molecule has 0 aliphatic carbocycles. The van der Waals surface area contributed by atoms with E-state index in [1.165, 1.54) is 17.9 Å². The van der Waals surface area contributed by atoms with E-state index in [0.717, 1.165) is 12.0 Å². The third kappa shape index (κ3) is 3.79. The van der Waals surface area contributed by atoms with Crippen LogP contribution in [0.5, 0.6) is 0 Å². The minimum atomic E-state index is -0.464. The maximum atomic E-state index is 12.4. The molecule has 1 aromatic heterocycles. The molecule has 2 aromatic rings. The summed E-state index contributed by atoms with van der Waals surface area (Å²) in [6, 6.07) is 6.65. The molecule has 0 bridgehead atoms. The summed E-state index contributed by atoms with van der Waals surface area (Å²) < 4.78 is 6.00. The zero-order chi connectivity index (χ0) is 17.1. The van der Waals surface area contributed by atoms with E-state index in [9.17, 15) is 9.59 Å². The van der Waals surface area contributed by atoms with Crippen LogP contribution in [-0.4, -0.2) is 22.9 Å². The standard InChI is InChI=1S/C17H19ClN2O3/c1-10(2)7-12-5-6-13(17(22)23-4)9-14(12)20-16(21)11(3)8-15(18)19-20/h5-6,8-10H,7H2,1-4H3. The van der Waals surface area contributed by atoms with Gasteiger partial charge in [0.25, 0.3) is 5.56 Å². The molecule has 0 spiro atoms. The van der Waals surface area contributed by atoms with Crippen LogP contribution in [0.25, 0.3) is 5.69 Å². The molecule has 0 saturated carbocycles. The maximum absolute atomic E-state index is 12.4. The first-order valence-electron chi connectivity index (χ1n) is 7.31. The summed E-state index contributed by atoms with van der Waals surface area (Å²) in [6.07, 6.45) is 0.746. The fourth-order valence-electron chi connectivity index (χ4n) is 2.36. The van der Waals surface area contributed by atoms with Crippen molar-refractivity contribution in [2.45, 2.75) is 27.2 Å². The molecule has 6 heteroatoms. The summed E-state index contributed by atoms with van der Waals surface area (Å²) >= 11 is 6.00. The predicted molar refractivity (Wildman–Crippen MR) is 89.5 cm³/mol. The predicted octanol–water partition coefficient (Wildman–Crippen LogP) is 3.18. The summed E-state index contributed by atoms with van der Waals surface area (Å²) in [5.41, 5.74) is 2.06. The van der Waals surface area contributed by atoms with E-state index in [1.54, 1.807) is 19.1 Å². The number of nitrogens with zero attached hydrogens (tertiary/aromatic N) is 2. The van der Waals surface area contributed by atoms with Gasteiger partial charge in [0.2, 0.25) is 0 Å². The number of esters is 1. The lowest BCUT2D eigenvalue weighted by molar-refractivity contribution is 0.0600. The van der Waals surface area contributed by atoms with Crippen LogP contribution in [0, 0.1) is 12.8 Å². The number of ether oxygens (including phenoxy) is 1. The zero-order valence-corrected chi connectivity index (χ0v) is 14.3. The Bertz CT molecular complexity index is 797. The second kappa shape index (κ2) is 6.96. The Morgan fingerprint density at radius 1 is 1.35 bits per heavy atom. The fraction of sp³-hybridized carbons (Fsp3) is 0.353. The molecule has 2 rings (SSSR count). The number of hydrogen-bond acceptors (Lipinski definition) is 4. The van der Waals surface area contributed by atoms with E-state index in [2.05, 4.69) is 18.9 Å². The molecule has 0 saturated heterocycles. The summed E-state index contributed by atoms with van der Waals surface area (Å²) in [6.45, 7) is 5.84. The van der Waals surface area contributed by atoms with Crippen LogP contribution in [0.4, 0.5) is 0 Å². The second-order valence-electron chi connectivity index (χ2n) is 5.80. The van der Waals surface area contributed by atoms with E-state index < -0.39 is 5.97 Å². The lowest BCUT2D eigenvalue weighted by Crippen LogP contribution is -2.25. The minimum absolute atomic E-state index is 0.223. The van der Waals surface area contributed by atoms with Gasteiger partial charge in [-0.1, -0.05) is 31.5 Å². The van der Waals surface area contributed by atoms with Gasteiger partial charge in [-0.05, 0) is 43.0 Å². The topological polar surface area (TPSA) is 61.2 Å². The number of benzene rings is 1. The van der Waals surface area contributed by atoms with Gasteiger partial charge in [-0.2, -0.15) is 9.78 Å². The third-order valence-electron chi connectivity index (χ3n) is 3.42. The van der Waals surface area contributed by atoms with Crippen molar-refractivity contribution in [2.75, 3.05) is 7.11 Å². The molecule has 1 heterocycles. The highest BCUT2D eigenvalue weighted by Crippen LogP contribution is 2.20. The number of methoxy groups -OCH3 is 1. The Kier molecular flexibility index (Phi) is 5.21. The van der Waals surface area contributed by atoms with E-state index in [-0.39, 0.29) is 10.7 Å². The Morgan fingerprint density at radius 2 is 2.04 bits per heavy atom. The van der Waals surface area contributed by atoms with Crippen molar-refractivity contribution in [1.82, 2.24) is 9.78 Å². The number of halogens is 1. The van der Waals surface area contributed by atoms with Crippen LogP contribution in [-0.2, 0) is 11.2 Å². The molecule has 0 unspecified atom stereocenters. The van der Waals surface area contributed by atoms with Crippen LogP contribution >= 0.6 is 11.6 Å². The van der Waals surface area contributed by atoms with Gasteiger partial charge in [-0.15, -0.1) is 0 Å². The third-order valence-corrected chi connectivity index (χ3v) is 3.61. The number of aromatic nitrogens is 2. The van der Waals surface area contributed by atoms with Gasteiger partial charge < -0.3 is 4.74 Å². The Labute approximate surface area is 139 Å². The van der Waals surface area contributed by atoms with E-state index in [1.807, 2.05) is 6.07 Å². The number of rotatable bonds is 4. The summed E-state index contributed by atoms with van der Waals surface area (Å²) in [7, 11) is 1.32. The molecular weight excluding hydrogens is 316 g/mol. The molecule has 1 aromatic carbocycles. The van der Waals surface area contributed by atoms with E-state index in [4.69, 9.17) is 16.3 Å². The van der Waals surface area contributed by atoms with Gasteiger partial charge in [0.1, 0.15) is 0 Å². The van der Waals surface area contributed by atoms with Gasteiger partial charge in [0.05, 0.1) is 18.4 Å². The average Bonchev–Trinajstić information content (AvgIpc) is 2.50. The Hall–Kier alpha value is -2.14. The monoisotopic (exact) mass is 334 g/mol. The first-order chi connectivity index (χ1) is 10.8. The molecular formula is C17H19ClN2O3. The quantitative estimate of drug-likeness (QED) is 0.806. The van der Waals surface area contributed by atoms with E-state index in [0.29, 0.717) is 22.7 Å². The Balaban J connectivity index is 2.71. The first kappa shape index (κ1) is 17.2. The van der Waals surface area contributed by atoms with Crippen LogP contribution < -0.4 is 5.56 Å². The molecule has 23 heavy (non-hydrogen) atoms. The van der Waals surface area contributed by atoms with Crippen molar-refractivity contribution in [3.63, 3.8) is 0 Å². The van der Waals surface area contributed by atoms with Gasteiger partial charge in [0, 0.05) is 5.56 Å². The minimum Gasteiger partial charge on any atom is -0.465 e. The van der Waals surface area contributed by atoms with Crippen molar-refractivity contribution < 1.29 is 9.53 Å². The summed E-state index contributed by atoms with van der Waals surface area (Å²) in [5, 5.41) is 4.34. The lowest BCUT2D eigenvalue weighted by Gasteiger charge is -2.14.